The second-order valence-corrected chi connectivity index (χ2v) is 8.10. The van der Waals surface area contributed by atoms with Crippen LogP contribution in [0.4, 0.5) is 10.1 Å². The van der Waals surface area contributed by atoms with Gasteiger partial charge in [-0.25, -0.2) is 4.39 Å². The number of carbonyl (C=O) groups excluding carboxylic acids is 1. The summed E-state index contributed by atoms with van der Waals surface area (Å²) in [5.74, 6) is -0.374. The molecule has 0 radical (unpaired) electrons. The van der Waals surface area contributed by atoms with Gasteiger partial charge in [0.25, 0.3) is 0 Å². The molecule has 1 amide bonds. The summed E-state index contributed by atoms with van der Waals surface area (Å²) in [6, 6.07) is 17.6. The summed E-state index contributed by atoms with van der Waals surface area (Å²) >= 11 is 9.73. The van der Waals surface area contributed by atoms with E-state index in [2.05, 4.69) is 21.2 Å². The molecule has 4 aromatic rings. The number of anilines is 1. The molecule has 1 heterocycles. The number of nitrogens with one attached hydrogen (secondary N) is 1. The van der Waals surface area contributed by atoms with Gasteiger partial charge in [0.15, 0.2) is 0 Å². The van der Waals surface area contributed by atoms with Crippen LogP contribution in [0.3, 0.4) is 0 Å². The quantitative estimate of drug-likeness (QED) is 0.358. The molecule has 1 aromatic heterocycles. The first-order valence-electron chi connectivity index (χ1n) is 9.05. The Labute approximate surface area is 181 Å². The molecule has 0 spiro atoms. The largest absolute Gasteiger partial charge is 0.349 e. The van der Waals surface area contributed by atoms with Crippen molar-refractivity contribution in [1.29, 1.82) is 0 Å². The van der Waals surface area contributed by atoms with Gasteiger partial charge >= 0.3 is 0 Å². The fourth-order valence-corrected chi connectivity index (χ4v) is 4.03. The zero-order valence-electron chi connectivity index (χ0n) is 15.3. The number of hydrogen-bond acceptors (Lipinski definition) is 1. The van der Waals surface area contributed by atoms with Crippen LogP contribution in [0.1, 0.15) is 11.1 Å². The third-order valence-corrected chi connectivity index (χ3v) is 5.66. The van der Waals surface area contributed by atoms with Crippen LogP contribution in [0.2, 0.25) is 5.02 Å². The number of nitrogens with zero attached hydrogens (tertiary/aromatic N) is 1. The van der Waals surface area contributed by atoms with E-state index in [0.717, 1.165) is 26.4 Å². The van der Waals surface area contributed by atoms with Crippen LogP contribution in [0.5, 0.6) is 0 Å². The number of hydrogen-bond donors (Lipinski definition) is 1. The van der Waals surface area contributed by atoms with Crippen molar-refractivity contribution < 1.29 is 9.18 Å². The monoisotopic (exact) mass is 470 g/mol. The average molecular weight is 472 g/mol. The Bertz CT molecular complexity index is 1190. The topological polar surface area (TPSA) is 34.0 Å². The molecule has 146 valence electrons. The highest BCUT2D eigenvalue weighted by atomic mass is 79.9. The van der Waals surface area contributed by atoms with E-state index in [1.165, 1.54) is 12.1 Å². The Morgan fingerprint density at radius 3 is 2.59 bits per heavy atom. The van der Waals surface area contributed by atoms with Crippen LogP contribution >= 0.6 is 27.5 Å². The van der Waals surface area contributed by atoms with Crippen molar-refractivity contribution in [3.05, 3.63) is 99.5 Å². The zero-order valence-corrected chi connectivity index (χ0v) is 17.7. The van der Waals surface area contributed by atoms with Crippen molar-refractivity contribution in [2.75, 3.05) is 5.32 Å². The van der Waals surface area contributed by atoms with Crippen molar-refractivity contribution in [3.63, 3.8) is 0 Å². The van der Waals surface area contributed by atoms with Gasteiger partial charge in [0.2, 0.25) is 5.91 Å². The lowest BCUT2D eigenvalue weighted by Crippen LogP contribution is -2.14. The van der Waals surface area contributed by atoms with E-state index in [9.17, 15) is 9.18 Å². The highest BCUT2D eigenvalue weighted by Crippen LogP contribution is 2.30. The lowest BCUT2D eigenvalue weighted by Gasteiger charge is -2.08. The molecule has 0 aliphatic rings. The van der Waals surface area contributed by atoms with Crippen LogP contribution in [0, 0.1) is 5.82 Å². The first-order valence-corrected chi connectivity index (χ1v) is 10.2. The summed E-state index contributed by atoms with van der Waals surface area (Å²) in [7, 11) is 0. The number of benzene rings is 3. The molecule has 0 bridgehead atoms. The minimum absolute atomic E-state index is 0.130. The molecular formula is C23H17BrClFN2O. The van der Waals surface area contributed by atoms with E-state index in [-0.39, 0.29) is 18.1 Å². The molecule has 3 nitrogen and oxygen atoms in total. The number of aromatic nitrogens is 1. The fourth-order valence-electron chi connectivity index (χ4n) is 3.25. The summed E-state index contributed by atoms with van der Waals surface area (Å²) in [6.07, 6.45) is 4.24. The van der Waals surface area contributed by atoms with Crippen molar-refractivity contribution in [2.24, 2.45) is 0 Å². The minimum atomic E-state index is -0.244. The minimum Gasteiger partial charge on any atom is -0.349 e. The smallest absolute Gasteiger partial charge is 0.228 e. The maximum absolute atomic E-state index is 13.1. The van der Waals surface area contributed by atoms with Crippen LogP contribution in [-0.4, -0.2) is 10.5 Å². The Morgan fingerprint density at radius 1 is 1.07 bits per heavy atom. The lowest BCUT2D eigenvalue weighted by molar-refractivity contribution is -0.115. The van der Waals surface area contributed by atoms with Gasteiger partial charge in [0.05, 0.1) is 6.42 Å². The highest BCUT2D eigenvalue weighted by molar-refractivity contribution is 9.10. The predicted octanol–water partition coefficient (Wildman–Crippen LogP) is 6.43. The molecule has 0 fully saturated rings. The SMILES string of the molecule is O=C(Cc1ccccc1Cl)Nc1cc(Br)c2cn(Cc3ccc(F)cc3)cc2c1. The van der Waals surface area contributed by atoms with E-state index in [1.807, 2.05) is 47.3 Å². The molecule has 0 aliphatic heterocycles. The van der Waals surface area contributed by atoms with Gasteiger partial charge in [-0.15, -0.1) is 0 Å². The van der Waals surface area contributed by atoms with Crippen LogP contribution in [0.15, 0.2) is 77.5 Å². The number of carbonyl (C=O) groups is 1. The van der Waals surface area contributed by atoms with E-state index < -0.39 is 0 Å². The predicted molar refractivity (Wildman–Crippen MR) is 119 cm³/mol. The van der Waals surface area contributed by atoms with Gasteiger partial charge in [-0.3, -0.25) is 4.79 Å². The number of amides is 1. The molecule has 3 aromatic carbocycles. The Hall–Kier alpha value is -2.63. The summed E-state index contributed by atoms with van der Waals surface area (Å²) in [5.41, 5.74) is 2.51. The molecule has 0 aliphatic carbocycles. The third-order valence-electron chi connectivity index (χ3n) is 4.63. The summed E-state index contributed by atoms with van der Waals surface area (Å²) < 4.78 is 16.0. The second-order valence-electron chi connectivity index (χ2n) is 6.83. The van der Waals surface area contributed by atoms with Crippen molar-refractivity contribution in [2.45, 2.75) is 13.0 Å². The van der Waals surface area contributed by atoms with Gasteiger partial charge in [-0.1, -0.05) is 57.9 Å². The zero-order chi connectivity index (χ0) is 20.4. The lowest BCUT2D eigenvalue weighted by atomic mass is 10.1. The van der Waals surface area contributed by atoms with E-state index in [0.29, 0.717) is 17.3 Å². The van der Waals surface area contributed by atoms with Crippen molar-refractivity contribution in [1.82, 2.24) is 4.57 Å². The first kappa shape index (κ1) is 19.7. The molecule has 4 rings (SSSR count). The average Bonchev–Trinajstić information content (AvgIpc) is 3.08. The van der Waals surface area contributed by atoms with Gasteiger partial charge in [-0.2, -0.15) is 0 Å². The number of halogens is 3. The van der Waals surface area contributed by atoms with Crippen LogP contribution in [0.25, 0.3) is 10.8 Å². The molecule has 1 N–H and O–H groups in total. The summed E-state index contributed by atoms with van der Waals surface area (Å²) in [6.45, 7) is 0.635. The van der Waals surface area contributed by atoms with Gasteiger partial charge in [0.1, 0.15) is 5.82 Å². The Kier molecular flexibility index (Phi) is 5.69. The van der Waals surface area contributed by atoms with Crippen molar-refractivity contribution >= 4 is 49.9 Å². The third kappa shape index (κ3) is 4.69. The molecule has 0 saturated carbocycles. The standard InChI is InChI=1S/C23H17BrClFN2O/c24-21-11-19(27-23(29)10-16-3-1-2-4-22(16)25)9-17-13-28(14-20(17)21)12-15-5-7-18(26)8-6-15/h1-9,11,13-14H,10,12H2,(H,27,29). The Morgan fingerprint density at radius 2 is 1.83 bits per heavy atom. The van der Waals surface area contributed by atoms with Gasteiger partial charge < -0.3 is 9.88 Å². The van der Waals surface area contributed by atoms with Gasteiger partial charge in [0, 0.05) is 44.9 Å². The second kappa shape index (κ2) is 8.39. The van der Waals surface area contributed by atoms with E-state index in [1.54, 1.807) is 18.2 Å². The first-order chi connectivity index (χ1) is 14.0. The summed E-state index contributed by atoms with van der Waals surface area (Å²) in [4.78, 5) is 12.4. The van der Waals surface area contributed by atoms with E-state index in [4.69, 9.17) is 11.6 Å². The van der Waals surface area contributed by atoms with Crippen LogP contribution in [-0.2, 0) is 17.8 Å². The summed E-state index contributed by atoms with van der Waals surface area (Å²) in [5, 5.41) is 5.55. The van der Waals surface area contributed by atoms with Crippen LogP contribution < -0.4 is 5.32 Å². The molecule has 0 unspecified atom stereocenters. The Balaban J connectivity index is 1.53. The molecule has 6 heteroatoms. The molecular weight excluding hydrogens is 455 g/mol. The number of fused-ring (bicyclic) bond motifs is 1. The van der Waals surface area contributed by atoms with Crippen molar-refractivity contribution in [3.8, 4) is 0 Å². The number of rotatable bonds is 5. The normalized spacial score (nSPS) is 11.0. The molecule has 29 heavy (non-hydrogen) atoms. The molecule has 0 saturated heterocycles. The maximum atomic E-state index is 13.1. The van der Waals surface area contributed by atoms with Gasteiger partial charge in [-0.05, 0) is 41.5 Å². The highest BCUT2D eigenvalue weighted by Gasteiger charge is 2.10. The fraction of sp³-hybridized carbons (Fsp3) is 0.0870. The maximum Gasteiger partial charge on any atom is 0.228 e. The molecule has 0 atom stereocenters. The van der Waals surface area contributed by atoms with E-state index >= 15 is 0 Å².